The van der Waals surface area contributed by atoms with Crippen LogP contribution in [0.3, 0.4) is 0 Å². The van der Waals surface area contributed by atoms with Crippen molar-refractivity contribution in [3.05, 3.63) is 74.2 Å². The molecule has 0 radical (unpaired) electrons. The molecule has 6 heteroatoms. The first-order chi connectivity index (χ1) is 11.6. The Morgan fingerprint density at radius 1 is 0.875 bits per heavy atom. The van der Waals surface area contributed by atoms with Crippen LogP contribution in [-0.4, -0.2) is 31.1 Å². The van der Waals surface area contributed by atoms with Gasteiger partial charge in [-0.3, -0.25) is 10.1 Å². The normalized spacial score (nSPS) is 20.7. The van der Waals surface area contributed by atoms with Gasteiger partial charge in [0.15, 0.2) is 0 Å². The molecule has 0 aromatic heterocycles. The van der Waals surface area contributed by atoms with Crippen LogP contribution in [0.5, 0.6) is 0 Å². The van der Waals surface area contributed by atoms with E-state index in [4.69, 9.17) is 0 Å². The first-order valence-corrected chi connectivity index (χ1v) is 9.05. The third kappa shape index (κ3) is 4.20. The molecule has 0 bridgehead atoms. The van der Waals surface area contributed by atoms with Gasteiger partial charge in [0.25, 0.3) is 5.69 Å². The molecule has 1 saturated heterocycles. The van der Waals surface area contributed by atoms with Crippen LogP contribution in [-0.2, 0) is 13.1 Å². The molecule has 1 aliphatic heterocycles. The number of nitro groups is 1. The lowest BCUT2D eigenvalue weighted by atomic mass is 10.1. The summed E-state index contributed by atoms with van der Waals surface area (Å²) in [7, 11) is 0. The molecule has 0 atom stereocenters. The number of hydrogen-bond acceptors (Lipinski definition) is 2. The zero-order valence-corrected chi connectivity index (χ0v) is 15.1. The number of benzene rings is 2. The highest BCUT2D eigenvalue weighted by atomic mass is 79.9. The minimum absolute atomic E-state index is 0.244. The molecular formula is C18H22BrN3O2+2. The van der Waals surface area contributed by atoms with E-state index in [0.717, 1.165) is 44.8 Å². The first-order valence-electron chi connectivity index (χ1n) is 8.26. The summed E-state index contributed by atoms with van der Waals surface area (Å²) in [6.07, 6.45) is 0. The van der Waals surface area contributed by atoms with Crippen molar-refractivity contribution in [1.82, 2.24) is 0 Å². The molecule has 0 aliphatic carbocycles. The Balaban J connectivity index is 1.56. The minimum Gasteiger partial charge on any atom is -0.322 e. The Kier molecular flexibility index (Phi) is 5.60. The third-order valence-corrected chi connectivity index (χ3v) is 5.46. The summed E-state index contributed by atoms with van der Waals surface area (Å²) in [5.74, 6) is 0. The average molecular weight is 392 g/mol. The number of rotatable bonds is 5. The summed E-state index contributed by atoms with van der Waals surface area (Å²) < 4.78 is 1.17. The number of halogens is 1. The lowest BCUT2D eigenvalue weighted by molar-refractivity contribution is -1.02. The van der Waals surface area contributed by atoms with Crippen LogP contribution >= 0.6 is 15.9 Å². The topological polar surface area (TPSA) is 52.0 Å². The van der Waals surface area contributed by atoms with E-state index in [9.17, 15) is 10.1 Å². The van der Waals surface area contributed by atoms with Crippen LogP contribution in [0.25, 0.3) is 0 Å². The van der Waals surface area contributed by atoms with Gasteiger partial charge in [-0.15, -0.1) is 0 Å². The van der Waals surface area contributed by atoms with E-state index in [1.165, 1.54) is 14.9 Å². The van der Waals surface area contributed by atoms with Gasteiger partial charge in [-0.25, -0.2) is 0 Å². The van der Waals surface area contributed by atoms with Gasteiger partial charge in [-0.1, -0.05) is 46.3 Å². The summed E-state index contributed by atoms with van der Waals surface area (Å²) >= 11 is 3.62. The number of nitro benzene ring substituents is 1. The van der Waals surface area contributed by atoms with Crippen molar-refractivity contribution in [3.63, 3.8) is 0 Å². The van der Waals surface area contributed by atoms with Gasteiger partial charge in [-0.2, -0.15) is 0 Å². The second kappa shape index (κ2) is 7.88. The number of para-hydroxylation sites is 1. The lowest BCUT2D eigenvalue weighted by Crippen LogP contribution is -3.27. The number of quaternary nitrogens is 2. The van der Waals surface area contributed by atoms with Crippen molar-refractivity contribution < 1.29 is 14.7 Å². The van der Waals surface area contributed by atoms with E-state index in [-0.39, 0.29) is 10.6 Å². The maximum absolute atomic E-state index is 11.1. The quantitative estimate of drug-likeness (QED) is 0.586. The highest BCUT2D eigenvalue weighted by molar-refractivity contribution is 9.10. The molecule has 3 rings (SSSR count). The predicted molar refractivity (Wildman–Crippen MR) is 96.0 cm³/mol. The van der Waals surface area contributed by atoms with E-state index >= 15 is 0 Å². The SMILES string of the molecule is O=[N+]([O-])c1ccccc1C[NH+]1CC[NH+](Cc2ccccc2Br)CC1. The van der Waals surface area contributed by atoms with E-state index in [2.05, 4.69) is 34.1 Å². The predicted octanol–water partition coefficient (Wildman–Crippen LogP) is 0.841. The van der Waals surface area contributed by atoms with E-state index < -0.39 is 0 Å². The zero-order chi connectivity index (χ0) is 16.9. The van der Waals surface area contributed by atoms with Crippen molar-refractivity contribution in [2.75, 3.05) is 26.2 Å². The van der Waals surface area contributed by atoms with Crippen molar-refractivity contribution in [2.45, 2.75) is 13.1 Å². The minimum atomic E-state index is -0.275. The average Bonchev–Trinajstić information content (AvgIpc) is 2.59. The molecular weight excluding hydrogens is 370 g/mol. The smallest absolute Gasteiger partial charge is 0.278 e. The largest absolute Gasteiger partial charge is 0.322 e. The van der Waals surface area contributed by atoms with Gasteiger partial charge in [-0.05, 0) is 12.1 Å². The number of nitrogens with one attached hydrogen (secondary N) is 2. The molecule has 0 amide bonds. The van der Waals surface area contributed by atoms with Crippen LogP contribution in [0.4, 0.5) is 5.69 Å². The molecule has 1 heterocycles. The molecule has 126 valence electrons. The highest BCUT2D eigenvalue weighted by Crippen LogP contribution is 2.16. The maximum Gasteiger partial charge on any atom is 0.278 e. The molecule has 0 spiro atoms. The van der Waals surface area contributed by atoms with Crippen LogP contribution in [0.2, 0.25) is 0 Å². The van der Waals surface area contributed by atoms with Crippen molar-refractivity contribution >= 4 is 21.6 Å². The number of piperazine rings is 1. The Bertz CT molecular complexity index is 715. The zero-order valence-electron chi connectivity index (χ0n) is 13.5. The molecule has 1 fully saturated rings. The van der Waals surface area contributed by atoms with Gasteiger partial charge in [0.2, 0.25) is 0 Å². The van der Waals surface area contributed by atoms with Gasteiger partial charge >= 0.3 is 0 Å². The molecule has 24 heavy (non-hydrogen) atoms. The Labute approximate surface area is 150 Å². The molecule has 2 aromatic rings. The van der Waals surface area contributed by atoms with Crippen LogP contribution in [0, 0.1) is 10.1 Å². The Morgan fingerprint density at radius 2 is 1.38 bits per heavy atom. The summed E-state index contributed by atoms with van der Waals surface area (Å²) in [6.45, 7) is 6.05. The van der Waals surface area contributed by atoms with E-state index in [1.54, 1.807) is 17.0 Å². The Hall–Kier alpha value is -1.76. The van der Waals surface area contributed by atoms with Crippen LogP contribution < -0.4 is 9.80 Å². The fourth-order valence-electron chi connectivity index (χ4n) is 3.33. The monoisotopic (exact) mass is 391 g/mol. The summed E-state index contributed by atoms with van der Waals surface area (Å²) in [4.78, 5) is 13.9. The summed E-state index contributed by atoms with van der Waals surface area (Å²) in [6, 6.07) is 15.5. The van der Waals surface area contributed by atoms with Crippen LogP contribution in [0.1, 0.15) is 11.1 Å². The second-order valence-corrected chi connectivity index (χ2v) is 7.19. The molecule has 2 N–H and O–H groups in total. The van der Waals surface area contributed by atoms with Crippen LogP contribution in [0.15, 0.2) is 53.0 Å². The highest BCUT2D eigenvalue weighted by Gasteiger charge is 2.25. The fraction of sp³-hybridized carbons (Fsp3) is 0.333. The molecule has 0 saturated carbocycles. The van der Waals surface area contributed by atoms with Gasteiger partial charge in [0.05, 0.1) is 10.5 Å². The van der Waals surface area contributed by atoms with E-state index in [1.807, 2.05) is 18.2 Å². The molecule has 5 nitrogen and oxygen atoms in total. The van der Waals surface area contributed by atoms with E-state index in [0.29, 0.717) is 0 Å². The summed E-state index contributed by atoms with van der Waals surface area (Å²) in [5, 5.41) is 11.1. The van der Waals surface area contributed by atoms with Crippen molar-refractivity contribution in [3.8, 4) is 0 Å². The maximum atomic E-state index is 11.1. The number of hydrogen-bond donors (Lipinski definition) is 2. The molecule has 2 aromatic carbocycles. The Morgan fingerprint density at radius 3 is 1.96 bits per heavy atom. The van der Waals surface area contributed by atoms with Gasteiger partial charge in [0, 0.05) is 16.1 Å². The third-order valence-electron chi connectivity index (χ3n) is 4.69. The lowest BCUT2D eigenvalue weighted by Gasteiger charge is -2.29. The number of nitrogens with zero attached hydrogens (tertiary/aromatic N) is 1. The second-order valence-electron chi connectivity index (χ2n) is 6.33. The van der Waals surface area contributed by atoms with Gasteiger partial charge < -0.3 is 9.80 Å². The fourth-order valence-corrected chi connectivity index (χ4v) is 3.75. The van der Waals surface area contributed by atoms with Crippen molar-refractivity contribution in [1.29, 1.82) is 0 Å². The van der Waals surface area contributed by atoms with Crippen molar-refractivity contribution in [2.24, 2.45) is 0 Å². The standard InChI is InChI=1S/C18H20BrN3O2/c19-17-7-3-1-5-15(17)13-20-9-11-21(12-10-20)14-16-6-2-4-8-18(16)22(23)24/h1-8H,9-14H2/p+2. The summed E-state index contributed by atoms with van der Waals surface area (Å²) in [5.41, 5.74) is 2.43. The molecule has 0 unspecified atom stereocenters. The molecule has 1 aliphatic rings. The first kappa shape index (κ1) is 17.1. The van der Waals surface area contributed by atoms with Gasteiger partial charge in [0.1, 0.15) is 39.3 Å².